The highest BCUT2D eigenvalue weighted by Crippen LogP contribution is 2.34. The minimum atomic E-state index is -4.30. The van der Waals surface area contributed by atoms with E-state index in [-0.39, 0.29) is 24.5 Å². The minimum absolute atomic E-state index is 0.100. The summed E-state index contributed by atoms with van der Waals surface area (Å²) in [6.07, 6.45) is -0.546. The van der Waals surface area contributed by atoms with E-state index in [1.54, 1.807) is 13.0 Å². The summed E-state index contributed by atoms with van der Waals surface area (Å²) >= 11 is 0. The number of rotatable bonds is 12. The van der Waals surface area contributed by atoms with Crippen molar-refractivity contribution in [2.24, 2.45) is 5.92 Å². The van der Waals surface area contributed by atoms with Gasteiger partial charge in [-0.15, -0.1) is 9.24 Å². The summed E-state index contributed by atoms with van der Waals surface area (Å²) in [7, 11) is 2.41. The molecule has 3 atom stereocenters. The molecular weight excluding hydrogens is 686 g/mol. The second-order valence-corrected chi connectivity index (χ2v) is 14.7. The zero-order valence-electron chi connectivity index (χ0n) is 31.4. The Morgan fingerprint density at radius 1 is 1.17 bits per heavy atom. The molecule has 10 nitrogen and oxygen atoms in total. The van der Waals surface area contributed by atoms with Crippen LogP contribution >= 0.6 is 9.24 Å². The molecule has 3 aromatic rings. The minimum Gasteiger partial charge on any atom is -0.396 e. The average molecular weight is 744 g/mol. The van der Waals surface area contributed by atoms with Crippen molar-refractivity contribution in [2.75, 3.05) is 63.1 Å². The van der Waals surface area contributed by atoms with E-state index in [1.165, 1.54) is 11.1 Å². The molecule has 2 unspecified atom stereocenters. The first-order valence-electron chi connectivity index (χ1n) is 18.5. The van der Waals surface area contributed by atoms with E-state index in [4.69, 9.17) is 10.8 Å². The van der Waals surface area contributed by atoms with Crippen LogP contribution in [-0.2, 0) is 13.1 Å². The Morgan fingerprint density at radius 3 is 2.44 bits per heavy atom. The topological polar surface area (TPSA) is 131 Å². The predicted octanol–water partition coefficient (Wildman–Crippen LogP) is 6.11. The quantitative estimate of drug-likeness (QED) is 0.163. The number of aryl methyl sites for hydroxylation is 2. The highest BCUT2D eigenvalue weighted by Gasteiger charge is 2.31. The smallest absolute Gasteiger partial charge is 0.392 e. The van der Waals surface area contributed by atoms with E-state index in [0.29, 0.717) is 40.8 Å². The molecule has 0 aliphatic carbocycles. The maximum atomic E-state index is 13.5. The number of piperazine rings is 1. The molecule has 2 aliphatic rings. The molecule has 0 amide bonds. The van der Waals surface area contributed by atoms with Gasteiger partial charge in [0, 0.05) is 87.5 Å². The van der Waals surface area contributed by atoms with Gasteiger partial charge in [0.25, 0.3) is 0 Å². The number of alkyl halides is 3. The molecule has 2 saturated heterocycles. The molecule has 0 spiro atoms. The Labute approximate surface area is 309 Å². The van der Waals surface area contributed by atoms with Crippen molar-refractivity contribution in [1.82, 2.24) is 29.7 Å². The van der Waals surface area contributed by atoms with Crippen LogP contribution in [0.4, 0.5) is 24.9 Å². The van der Waals surface area contributed by atoms with E-state index in [9.17, 15) is 18.4 Å². The molecule has 0 saturated carbocycles. The molecule has 14 heteroatoms. The maximum absolute atomic E-state index is 13.5. The van der Waals surface area contributed by atoms with Crippen LogP contribution in [-0.4, -0.2) is 99.7 Å². The summed E-state index contributed by atoms with van der Waals surface area (Å²) < 4.78 is 42.5. The summed E-state index contributed by atoms with van der Waals surface area (Å²) in [5.41, 5.74) is 11.7. The number of likely N-dealkylation sites (tertiary alicyclic amines) is 1. The number of aliphatic hydroxyl groups excluding tert-OH is 1. The van der Waals surface area contributed by atoms with Crippen molar-refractivity contribution >= 4 is 38.0 Å². The SMILES string of the molecule is CCC(C)/C(=C\c1c(C)nc(N)nc1NC1CCN(Cc2ccc3c(cc(C#N)n3C[C@H](C)N3CCNCC3)c2C)CC1)CC(F)(F)F.OCCP. The summed E-state index contributed by atoms with van der Waals surface area (Å²) in [5.74, 6) is 0.364. The fourth-order valence-electron chi connectivity index (χ4n) is 7.09. The number of nitrogens with one attached hydrogen (secondary N) is 2. The Hall–Kier alpha value is -3.27. The van der Waals surface area contributed by atoms with Gasteiger partial charge in [0.15, 0.2) is 0 Å². The van der Waals surface area contributed by atoms with Gasteiger partial charge in [-0.3, -0.25) is 9.80 Å². The lowest BCUT2D eigenvalue weighted by Gasteiger charge is -2.33. The Balaban J connectivity index is 0.00000144. The number of nitrogens with two attached hydrogens (primary N) is 1. The summed E-state index contributed by atoms with van der Waals surface area (Å²) in [5, 5.41) is 25.9. The van der Waals surface area contributed by atoms with Crippen molar-refractivity contribution in [3.63, 3.8) is 0 Å². The van der Waals surface area contributed by atoms with Gasteiger partial charge < -0.3 is 26.0 Å². The molecule has 286 valence electrons. The lowest BCUT2D eigenvalue weighted by Crippen LogP contribution is -2.48. The number of hydrogen-bond donors (Lipinski definition) is 4. The normalized spacial score (nSPS) is 17.8. The number of allylic oxidation sites excluding steroid dienone is 1. The molecule has 0 bridgehead atoms. The number of anilines is 2. The van der Waals surface area contributed by atoms with Gasteiger partial charge in [0.1, 0.15) is 17.6 Å². The van der Waals surface area contributed by atoms with Crippen LogP contribution in [0.5, 0.6) is 0 Å². The Kier molecular flexibility index (Phi) is 15.3. The Morgan fingerprint density at radius 2 is 1.85 bits per heavy atom. The molecule has 52 heavy (non-hydrogen) atoms. The van der Waals surface area contributed by atoms with Crippen LogP contribution in [0, 0.1) is 31.1 Å². The molecule has 2 fully saturated rings. The van der Waals surface area contributed by atoms with Gasteiger partial charge in [-0.2, -0.15) is 23.4 Å². The first-order chi connectivity index (χ1) is 24.8. The summed E-state index contributed by atoms with van der Waals surface area (Å²) in [6.45, 7) is 17.5. The fourth-order valence-corrected chi connectivity index (χ4v) is 7.09. The van der Waals surface area contributed by atoms with Crippen LogP contribution in [0.3, 0.4) is 0 Å². The summed E-state index contributed by atoms with van der Waals surface area (Å²) in [6, 6.07) is 9.28. The first-order valence-corrected chi connectivity index (χ1v) is 19.3. The molecule has 2 aliphatic heterocycles. The van der Waals surface area contributed by atoms with E-state index < -0.39 is 12.6 Å². The molecule has 4 heterocycles. The molecular formula is C38H57F3N9OP. The molecule has 2 aromatic heterocycles. The standard InChI is InChI=1S/C36H50F3N9.C2H7OP/c1-6-23(2)28(19-36(37,38)39)17-32-26(5)43-35(41)45-34(32)44-29-9-13-46(14-10-29)22-27-7-8-33-31(25(27)4)18-30(20-40)48(33)21-24(3)47-15-11-42-12-16-47;3-1-2-4/h7-8,17-18,23-24,29,42H,6,9-16,19,21-22H2,1-5H3,(H3,41,43,44,45);3H,1-2,4H2/b28-17-;/t23?,24-;/m0./s1. The number of piperidine rings is 1. The fraction of sp³-hybridized carbons (Fsp3) is 0.605. The second-order valence-electron chi connectivity index (χ2n) is 14.1. The van der Waals surface area contributed by atoms with Crippen molar-refractivity contribution < 1.29 is 18.3 Å². The third-order valence-electron chi connectivity index (χ3n) is 10.4. The first kappa shape index (κ1) is 41.5. The zero-order valence-corrected chi connectivity index (χ0v) is 32.5. The number of aromatic nitrogens is 3. The molecule has 5 N–H and O–H groups in total. The van der Waals surface area contributed by atoms with Crippen LogP contribution in [0.15, 0.2) is 23.8 Å². The molecule has 1 aromatic carbocycles. The molecule has 0 radical (unpaired) electrons. The van der Waals surface area contributed by atoms with Crippen molar-refractivity contribution in [2.45, 2.75) is 91.7 Å². The number of fused-ring (bicyclic) bond motifs is 1. The number of halogens is 3. The highest BCUT2D eigenvalue weighted by molar-refractivity contribution is 7.16. The van der Waals surface area contributed by atoms with Gasteiger partial charge in [-0.25, -0.2) is 4.98 Å². The second kappa shape index (κ2) is 19.2. The average Bonchev–Trinajstić information content (AvgIpc) is 3.48. The van der Waals surface area contributed by atoms with Gasteiger partial charge in [0.2, 0.25) is 5.95 Å². The number of nitriles is 1. The molecule has 5 rings (SSSR count). The predicted molar refractivity (Wildman–Crippen MR) is 208 cm³/mol. The zero-order chi connectivity index (χ0) is 38.0. The van der Waals surface area contributed by atoms with E-state index in [1.807, 2.05) is 19.9 Å². The van der Waals surface area contributed by atoms with E-state index in [2.05, 4.69) is 76.3 Å². The lowest BCUT2D eigenvalue weighted by molar-refractivity contribution is -0.128. The third kappa shape index (κ3) is 11.1. The van der Waals surface area contributed by atoms with Gasteiger partial charge in [0.05, 0.1) is 12.1 Å². The van der Waals surface area contributed by atoms with Crippen molar-refractivity contribution in [3.05, 3.63) is 51.9 Å². The Bertz CT molecular complexity index is 1690. The number of nitrogen functional groups attached to an aromatic ring is 1. The van der Waals surface area contributed by atoms with E-state index >= 15 is 0 Å². The number of hydrogen-bond acceptors (Lipinski definition) is 9. The summed E-state index contributed by atoms with van der Waals surface area (Å²) in [4.78, 5) is 13.6. The largest absolute Gasteiger partial charge is 0.396 e. The van der Waals surface area contributed by atoms with Gasteiger partial charge in [-0.1, -0.05) is 25.5 Å². The number of nitrogens with zero attached hydrogens (tertiary/aromatic N) is 6. The van der Waals surface area contributed by atoms with Gasteiger partial charge >= 0.3 is 6.18 Å². The van der Waals surface area contributed by atoms with Crippen molar-refractivity contribution in [1.29, 1.82) is 5.26 Å². The van der Waals surface area contributed by atoms with E-state index in [0.717, 1.165) is 82.3 Å². The van der Waals surface area contributed by atoms with Crippen molar-refractivity contribution in [3.8, 4) is 6.07 Å². The van der Waals surface area contributed by atoms with Gasteiger partial charge in [-0.05, 0) is 81.4 Å². The lowest BCUT2D eigenvalue weighted by atomic mass is 9.93. The van der Waals surface area contributed by atoms with Crippen LogP contribution in [0.2, 0.25) is 0 Å². The van der Waals surface area contributed by atoms with Crippen LogP contribution in [0.1, 0.15) is 74.5 Å². The highest BCUT2D eigenvalue weighted by atomic mass is 31.0. The number of benzene rings is 1. The maximum Gasteiger partial charge on any atom is 0.392 e. The van der Waals surface area contributed by atoms with Crippen LogP contribution in [0.25, 0.3) is 17.0 Å². The van der Waals surface area contributed by atoms with Crippen LogP contribution < -0.4 is 16.4 Å². The monoisotopic (exact) mass is 743 g/mol. The third-order valence-corrected chi connectivity index (χ3v) is 10.6. The number of aliphatic hydroxyl groups is 1.